The summed E-state index contributed by atoms with van der Waals surface area (Å²) in [6.45, 7) is 0.883. The summed E-state index contributed by atoms with van der Waals surface area (Å²) in [6.07, 6.45) is -2.84. The molecule has 0 radical (unpaired) electrons. The minimum atomic E-state index is -4.54. The lowest BCUT2D eigenvalue weighted by Gasteiger charge is -2.35. The largest absolute Gasteiger partial charge is 0.522 e. The van der Waals surface area contributed by atoms with Gasteiger partial charge in [0.05, 0.1) is 31.5 Å². The van der Waals surface area contributed by atoms with Crippen LogP contribution < -0.4 is 5.73 Å². The number of hydrogen-bond donors (Lipinski definition) is 1. The smallest absolute Gasteiger partial charge is 0.376 e. The van der Waals surface area contributed by atoms with Crippen LogP contribution in [0.3, 0.4) is 0 Å². The molecule has 2 aliphatic rings. The molecule has 2 N–H and O–H groups in total. The SMILES string of the molecule is Cl.NC1CC(OCCOC2CC(OC(F)(F)F)C2)C1. The topological polar surface area (TPSA) is 53.7 Å². The van der Waals surface area contributed by atoms with Crippen LogP contribution in [0.1, 0.15) is 25.7 Å². The average molecular weight is 306 g/mol. The van der Waals surface area contributed by atoms with E-state index in [0.29, 0.717) is 26.1 Å². The Kier molecular flexibility index (Phi) is 6.32. The Labute approximate surface area is 116 Å². The van der Waals surface area contributed by atoms with E-state index in [1.54, 1.807) is 0 Å². The van der Waals surface area contributed by atoms with E-state index in [9.17, 15) is 13.2 Å². The van der Waals surface area contributed by atoms with Crippen molar-refractivity contribution in [2.45, 2.75) is 56.4 Å². The van der Waals surface area contributed by atoms with Crippen molar-refractivity contribution in [2.75, 3.05) is 13.2 Å². The normalized spacial score (nSPS) is 34.1. The van der Waals surface area contributed by atoms with Crippen LogP contribution in [0.4, 0.5) is 13.2 Å². The van der Waals surface area contributed by atoms with E-state index in [2.05, 4.69) is 4.74 Å². The van der Waals surface area contributed by atoms with Crippen LogP contribution in [0.2, 0.25) is 0 Å². The van der Waals surface area contributed by atoms with Crippen LogP contribution >= 0.6 is 12.4 Å². The molecule has 0 aromatic carbocycles. The molecule has 19 heavy (non-hydrogen) atoms. The molecule has 0 saturated heterocycles. The van der Waals surface area contributed by atoms with Crippen LogP contribution in [0.15, 0.2) is 0 Å². The van der Waals surface area contributed by atoms with Gasteiger partial charge in [0.15, 0.2) is 0 Å². The van der Waals surface area contributed by atoms with Gasteiger partial charge in [0, 0.05) is 18.9 Å². The Balaban J connectivity index is 0.00000180. The van der Waals surface area contributed by atoms with Gasteiger partial charge in [-0.3, -0.25) is 4.74 Å². The number of rotatable bonds is 6. The van der Waals surface area contributed by atoms with Crippen LogP contribution in [0.25, 0.3) is 0 Å². The Morgan fingerprint density at radius 2 is 1.37 bits per heavy atom. The Morgan fingerprint density at radius 3 is 1.79 bits per heavy atom. The molecule has 0 spiro atoms. The molecule has 0 heterocycles. The Hall–Kier alpha value is -0.0800. The lowest BCUT2D eigenvalue weighted by Crippen LogP contribution is -2.43. The van der Waals surface area contributed by atoms with Crippen molar-refractivity contribution < 1.29 is 27.4 Å². The predicted molar refractivity (Wildman–Crippen MR) is 64.1 cm³/mol. The summed E-state index contributed by atoms with van der Waals surface area (Å²) >= 11 is 0. The number of alkyl halides is 3. The molecule has 114 valence electrons. The predicted octanol–water partition coefficient (Wildman–Crippen LogP) is 2.00. The molecule has 4 nitrogen and oxygen atoms in total. The first-order chi connectivity index (χ1) is 8.42. The number of ether oxygens (including phenoxy) is 3. The van der Waals surface area contributed by atoms with E-state index in [4.69, 9.17) is 15.2 Å². The summed E-state index contributed by atoms with van der Waals surface area (Å²) < 4.78 is 50.2. The van der Waals surface area contributed by atoms with Crippen LogP contribution in [-0.4, -0.2) is 43.9 Å². The van der Waals surface area contributed by atoms with Gasteiger partial charge in [-0.1, -0.05) is 0 Å². The average Bonchev–Trinajstić information content (AvgIpc) is 2.14. The summed E-state index contributed by atoms with van der Waals surface area (Å²) in [5.74, 6) is 0. The first-order valence-electron chi connectivity index (χ1n) is 6.15. The maximum Gasteiger partial charge on any atom is 0.522 e. The molecule has 2 saturated carbocycles. The third kappa shape index (κ3) is 5.83. The highest BCUT2D eigenvalue weighted by molar-refractivity contribution is 5.85. The third-order valence-electron chi connectivity index (χ3n) is 3.27. The Morgan fingerprint density at radius 1 is 0.895 bits per heavy atom. The zero-order chi connectivity index (χ0) is 13.2. The fourth-order valence-electron chi connectivity index (χ4n) is 2.11. The summed E-state index contributed by atoms with van der Waals surface area (Å²) in [4.78, 5) is 0. The molecule has 0 unspecified atom stereocenters. The summed E-state index contributed by atoms with van der Waals surface area (Å²) in [5, 5.41) is 0. The first-order valence-corrected chi connectivity index (χ1v) is 6.15. The van der Waals surface area contributed by atoms with E-state index in [0.717, 1.165) is 12.8 Å². The quantitative estimate of drug-likeness (QED) is 0.763. The second-order valence-electron chi connectivity index (χ2n) is 4.87. The fraction of sp³-hybridized carbons (Fsp3) is 1.00. The molecule has 0 bridgehead atoms. The van der Waals surface area contributed by atoms with Crippen molar-refractivity contribution in [1.82, 2.24) is 0 Å². The standard InChI is InChI=1S/C11H18F3NO3.ClH/c12-11(13,14)18-10-5-9(6-10)17-2-1-16-8-3-7(15)4-8;/h7-10H,1-6,15H2;1H. The minimum absolute atomic E-state index is 0. The number of nitrogens with two attached hydrogens (primary N) is 1. The van der Waals surface area contributed by atoms with Crippen molar-refractivity contribution in [2.24, 2.45) is 5.73 Å². The zero-order valence-electron chi connectivity index (χ0n) is 10.4. The van der Waals surface area contributed by atoms with Gasteiger partial charge in [0.1, 0.15) is 0 Å². The lowest BCUT2D eigenvalue weighted by molar-refractivity contribution is -0.357. The van der Waals surface area contributed by atoms with Gasteiger partial charge < -0.3 is 15.2 Å². The van der Waals surface area contributed by atoms with Gasteiger partial charge in [-0.15, -0.1) is 25.6 Å². The molecule has 8 heteroatoms. The summed E-state index contributed by atoms with van der Waals surface area (Å²) in [5.41, 5.74) is 5.60. The third-order valence-corrected chi connectivity index (χ3v) is 3.27. The van der Waals surface area contributed by atoms with E-state index >= 15 is 0 Å². The monoisotopic (exact) mass is 305 g/mol. The van der Waals surface area contributed by atoms with Gasteiger partial charge >= 0.3 is 6.36 Å². The van der Waals surface area contributed by atoms with Crippen molar-refractivity contribution >= 4 is 12.4 Å². The zero-order valence-corrected chi connectivity index (χ0v) is 11.2. The second-order valence-corrected chi connectivity index (χ2v) is 4.87. The molecule has 2 aliphatic carbocycles. The van der Waals surface area contributed by atoms with Gasteiger partial charge in [-0.25, -0.2) is 0 Å². The van der Waals surface area contributed by atoms with Crippen molar-refractivity contribution in [3.63, 3.8) is 0 Å². The lowest BCUT2D eigenvalue weighted by atomic mass is 9.90. The highest BCUT2D eigenvalue weighted by atomic mass is 35.5. The molecule has 0 aliphatic heterocycles. The van der Waals surface area contributed by atoms with Gasteiger partial charge in [0.25, 0.3) is 0 Å². The minimum Gasteiger partial charge on any atom is -0.376 e. The molecule has 0 aromatic rings. The summed E-state index contributed by atoms with van der Waals surface area (Å²) in [7, 11) is 0. The van der Waals surface area contributed by atoms with Crippen molar-refractivity contribution in [1.29, 1.82) is 0 Å². The fourth-order valence-corrected chi connectivity index (χ4v) is 2.11. The molecule has 0 atom stereocenters. The van der Waals surface area contributed by atoms with Crippen molar-refractivity contribution in [3.05, 3.63) is 0 Å². The van der Waals surface area contributed by atoms with Gasteiger partial charge in [0.2, 0.25) is 0 Å². The second kappa shape index (κ2) is 7.08. The first kappa shape index (κ1) is 17.0. The van der Waals surface area contributed by atoms with Crippen LogP contribution in [0.5, 0.6) is 0 Å². The van der Waals surface area contributed by atoms with Crippen LogP contribution in [0, 0.1) is 0 Å². The number of hydrogen-bond acceptors (Lipinski definition) is 4. The highest BCUT2D eigenvalue weighted by Gasteiger charge is 2.40. The van der Waals surface area contributed by atoms with Crippen molar-refractivity contribution in [3.8, 4) is 0 Å². The highest BCUT2D eigenvalue weighted by Crippen LogP contribution is 2.32. The molecular weight excluding hydrogens is 287 g/mol. The van der Waals surface area contributed by atoms with Gasteiger partial charge in [-0.2, -0.15) is 0 Å². The van der Waals surface area contributed by atoms with E-state index in [-0.39, 0.29) is 30.7 Å². The maximum atomic E-state index is 11.8. The van der Waals surface area contributed by atoms with E-state index in [1.807, 2.05) is 0 Å². The molecular formula is C11H19ClF3NO3. The molecule has 2 fully saturated rings. The number of halogens is 4. The van der Waals surface area contributed by atoms with Crippen LogP contribution in [-0.2, 0) is 14.2 Å². The Bertz CT molecular complexity index is 268. The van der Waals surface area contributed by atoms with E-state index < -0.39 is 12.5 Å². The molecule has 0 aromatic heterocycles. The molecule has 0 amide bonds. The van der Waals surface area contributed by atoms with E-state index in [1.165, 1.54) is 0 Å². The maximum absolute atomic E-state index is 11.8. The summed E-state index contributed by atoms with van der Waals surface area (Å²) in [6, 6.07) is 0.253. The molecule has 2 rings (SSSR count). The van der Waals surface area contributed by atoms with Gasteiger partial charge in [-0.05, 0) is 12.8 Å².